The van der Waals surface area contributed by atoms with Gasteiger partial charge in [-0.1, -0.05) is 45.8 Å². The fourth-order valence-electron chi connectivity index (χ4n) is 6.38. The number of alkyl halides is 3. The van der Waals surface area contributed by atoms with Crippen LogP contribution in [0.25, 0.3) is 0 Å². The number of halogens is 3. The minimum atomic E-state index is -1.99. The average molecular weight is 630 g/mol. The first-order chi connectivity index (χ1) is 18.1. The third-order valence-electron chi connectivity index (χ3n) is 7.95. The summed E-state index contributed by atoms with van der Waals surface area (Å²) in [6.07, 6.45) is 0.567. The van der Waals surface area contributed by atoms with Gasteiger partial charge < -0.3 is 14.6 Å². The van der Waals surface area contributed by atoms with Crippen molar-refractivity contribution in [3.05, 3.63) is 41.5 Å². The fraction of sp³-hybridized carbons (Fsp3) is 0.480. The number of aliphatic hydroxyl groups is 1. The van der Waals surface area contributed by atoms with Crippen molar-refractivity contribution in [3.8, 4) is 5.75 Å². The summed E-state index contributed by atoms with van der Waals surface area (Å²) in [5.74, 6) is -6.22. The summed E-state index contributed by atoms with van der Waals surface area (Å²) >= 11 is 17.5. The normalized spacial score (nSPS) is 34.1. The number of hydrogen-bond donors (Lipinski definition) is 1. The van der Waals surface area contributed by atoms with E-state index in [0.29, 0.717) is 21.8 Å². The Hall–Kier alpha value is -2.47. The number of methoxy groups -OCH3 is 1. The molecule has 0 unspecified atom stereocenters. The predicted molar refractivity (Wildman–Crippen MR) is 137 cm³/mol. The third kappa shape index (κ3) is 3.44. The van der Waals surface area contributed by atoms with E-state index in [9.17, 15) is 29.1 Å². The first-order valence-corrected chi connectivity index (χ1v) is 13.7. The second kappa shape index (κ2) is 9.62. The number of ether oxygens (including phenoxy) is 2. The lowest BCUT2D eigenvalue weighted by molar-refractivity contribution is -0.140. The highest BCUT2D eigenvalue weighted by Crippen LogP contribution is 2.66. The van der Waals surface area contributed by atoms with Crippen LogP contribution in [0, 0.1) is 17.8 Å². The molecule has 6 atom stereocenters. The summed E-state index contributed by atoms with van der Waals surface area (Å²) in [4.78, 5) is 63.7. The lowest BCUT2D eigenvalue weighted by Crippen LogP contribution is -2.60. The summed E-state index contributed by atoms with van der Waals surface area (Å²) in [6.45, 7) is -0.312. The van der Waals surface area contributed by atoms with Gasteiger partial charge in [-0.2, -0.15) is 4.90 Å². The molecule has 1 aromatic rings. The van der Waals surface area contributed by atoms with Crippen LogP contribution in [0.3, 0.4) is 0 Å². The van der Waals surface area contributed by atoms with Gasteiger partial charge in [-0.25, -0.2) is 4.79 Å². The molecular formula is C25H23BrCl2N2O8. The molecule has 0 radical (unpaired) electrons. The van der Waals surface area contributed by atoms with Crippen LogP contribution in [-0.4, -0.2) is 80.2 Å². The molecule has 10 nitrogen and oxygen atoms in total. The molecule has 1 aromatic carbocycles. The average Bonchev–Trinajstić information content (AvgIpc) is 3.25. The molecule has 0 aromatic heterocycles. The second-order valence-electron chi connectivity index (χ2n) is 9.58. The summed E-state index contributed by atoms with van der Waals surface area (Å²) in [7, 11) is 1.07. The number of amides is 5. The molecule has 2 aliphatic heterocycles. The van der Waals surface area contributed by atoms with Crippen molar-refractivity contribution in [1.82, 2.24) is 9.80 Å². The first-order valence-electron chi connectivity index (χ1n) is 11.9. The number of para-hydroxylation sites is 1. The van der Waals surface area contributed by atoms with Gasteiger partial charge in [0.1, 0.15) is 12.4 Å². The molecular weight excluding hydrogens is 607 g/mol. The van der Waals surface area contributed by atoms with Crippen molar-refractivity contribution < 1.29 is 38.6 Å². The van der Waals surface area contributed by atoms with Crippen molar-refractivity contribution in [2.75, 3.05) is 25.8 Å². The molecule has 0 spiro atoms. The standard InChI is InChI=1S/C25H23BrCl2N2O8/c1-37-23(36)30-19(32)14-7-6-12-15(17(14)20(30)33)10-24(27)21(34)29(11-26)22(35)25(24,28)18(12)13-4-2-3-5-16(13)38-9-8-31/h2-6,14-15,17-18,31H,7-11H2,1H3/t14-,15+,17-,18+,24+,25-/m0/s1. The molecule has 1 saturated carbocycles. The van der Waals surface area contributed by atoms with Crippen LogP contribution in [0.4, 0.5) is 4.79 Å². The Bertz CT molecular complexity index is 1290. The number of likely N-dealkylation sites (tertiary alicyclic amines) is 2. The van der Waals surface area contributed by atoms with E-state index in [1.165, 1.54) is 0 Å². The van der Waals surface area contributed by atoms with Crippen LogP contribution >= 0.6 is 39.1 Å². The van der Waals surface area contributed by atoms with Crippen molar-refractivity contribution in [2.24, 2.45) is 17.8 Å². The van der Waals surface area contributed by atoms with Gasteiger partial charge in [-0.15, -0.1) is 23.2 Å². The number of nitrogens with zero attached hydrogens (tertiary/aromatic N) is 2. The highest BCUT2D eigenvalue weighted by molar-refractivity contribution is 9.09. The van der Waals surface area contributed by atoms with E-state index in [1.807, 2.05) is 0 Å². The Morgan fingerprint density at radius 3 is 2.50 bits per heavy atom. The van der Waals surface area contributed by atoms with Gasteiger partial charge in [-0.3, -0.25) is 24.1 Å². The highest BCUT2D eigenvalue weighted by Gasteiger charge is 2.76. The molecule has 38 heavy (non-hydrogen) atoms. The van der Waals surface area contributed by atoms with Crippen LogP contribution in [0.1, 0.15) is 24.3 Å². The van der Waals surface area contributed by atoms with Gasteiger partial charge in [0.05, 0.1) is 31.0 Å². The molecule has 5 rings (SSSR count). The van der Waals surface area contributed by atoms with Crippen LogP contribution in [0.2, 0.25) is 0 Å². The maximum atomic E-state index is 13.8. The van der Waals surface area contributed by atoms with E-state index in [-0.39, 0.29) is 31.5 Å². The van der Waals surface area contributed by atoms with Gasteiger partial charge in [0.2, 0.25) is 11.8 Å². The molecule has 2 aliphatic carbocycles. The fourth-order valence-corrected chi connectivity index (χ4v) is 7.79. The number of carbonyl (C=O) groups is 5. The number of hydrogen-bond acceptors (Lipinski definition) is 8. The minimum Gasteiger partial charge on any atom is -0.491 e. The molecule has 13 heteroatoms. The van der Waals surface area contributed by atoms with Crippen molar-refractivity contribution in [1.29, 1.82) is 0 Å². The van der Waals surface area contributed by atoms with Gasteiger partial charge in [0, 0.05) is 11.5 Å². The van der Waals surface area contributed by atoms with E-state index in [4.69, 9.17) is 27.9 Å². The number of carbonyl (C=O) groups excluding carboxylic acids is 5. The molecule has 0 bridgehead atoms. The van der Waals surface area contributed by atoms with Gasteiger partial charge >= 0.3 is 6.09 Å². The molecule has 1 N–H and O–H groups in total. The molecule has 202 valence electrons. The summed E-state index contributed by atoms with van der Waals surface area (Å²) < 4.78 is 10.4. The molecule has 2 heterocycles. The maximum absolute atomic E-state index is 13.8. The zero-order chi connectivity index (χ0) is 27.6. The Labute approximate surface area is 235 Å². The zero-order valence-electron chi connectivity index (χ0n) is 20.1. The van der Waals surface area contributed by atoms with Crippen LogP contribution in [-0.2, 0) is 23.9 Å². The lowest BCUT2D eigenvalue weighted by atomic mass is 9.56. The number of fused-ring (bicyclic) bond motifs is 4. The van der Waals surface area contributed by atoms with Crippen LogP contribution < -0.4 is 4.74 Å². The molecule has 4 aliphatic rings. The molecule has 2 saturated heterocycles. The van der Waals surface area contributed by atoms with Crippen molar-refractivity contribution in [2.45, 2.75) is 28.5 Å². The van der Waals surface area contributed by atoms with Crippen molar-refractivity contribution in [3.63, 3.8) is 0 Å². The van der Waals surface area contributed by atoms with E-state index in [1.54, 1.807) is 30.3 Å². The molecule has 3 fully saturated rings. The van der Waals surface area contributed by atoms with E-state index >= 15 is 0 Å². The van der Waals surface area contributed by atoms with Gasteiger partial charge in [-0.05, 0) is 24.8 Å². The van der Waals surface area contributed by atoms with E-state index < -0.39 is 63.1 Å². The Kier molecular flexibility index (Phi) is 6.86. The molecule has 5 amide bonds. The number of aliphatic hydroxyl groups excluding tert-OH is 1. The van der Waals surface area contributed by atoms with E-state index in [0.717, 1.165) is 12.0 Å². The smallest absolute Gasteiger partial charge is 0.423 e. The summed E-state index contributed by atoms with van der Waals surface area (Å²) in [5, 5.41) is 9.34. The Balaban J connectivity index is 1.72. The largest absolute Gasteiger partial charge is 0.491 e. The topological polar surface area (TPSA) is 131 Å². The minimum absolute atomic E-state index is 0.0420. The number of rotatable bonds is 5. The lowest BCUT2D eigenvalue weighted by Gasteiger charge is -2.51. The van der Waals surface area contributed by atoms with Crippen molar-refractivity contribution >= 4 is 68.9 Å². The van der Waals surface area contributed by atoms with E-state index in [2.05, 4.69) is 20.7 Å². The Morgan fingerprint density at radius 2 is 1.84 bits per heavy atom. The van der Waals surface area contributed by atoms with Gasteiger partial charge in [0.25, 0.3) is 11.8 Å². The highest BCUT2D eigenvalue weighted by atomic mass is 79.9. The van der Waals surface area contributed by atoms with Crippen LogP contribution in [0.5, 0.6) is 5.75 Å². The van der Waals surface area contributed by atoms with Gasteiger partial charge in [0.15, 0.2) is 9.75 Å². The second-order valence-corrected chi connectivity index (χ2v) is 11.3. The first kappa shape index (κ1) is 27.1. The number of benzene rings is 1. The predicted octanol–water partition coefficient (Wildman–Crippen LogP) is 2.54. The SMILES string of the molecule is COC(=O)N1C(=O)[C@H]2[C@H](CC=C3[C@H]2C[C@@]2(Cl)C(=O)N(CBr)C(=O)[C@@]2(Cl)[C@H]3c2ccccc2OCCO)C1=O. The monoisotopic (exact) mass is 628 g/mol. The quantitative estimate of drug-likeness (QED) is 0.228. The maximum Gasteiger partial charge on any atom is 0.423 e. The third-order valence-corrected chi connectivity index (χ3v) is 9.87. The Morgan fingerprint density at radius 1 is 1.13 bits per heavy atom. The van der Waals surface area contributed by atoms with Crippen LogP contribution in [0.15, 0.2) is 35.9 Å². The zero-order valence-corrected chi connectivity index (χ0v) is 23.2. The summed E-state index contributed by atoms with van der Waals surface area (Å²) in [6, 6.07) is 6.74. The number of imide groups is 4. The number of allylic oxidation sites excluding steroid dienone is 2. The summed E-state index contributed by atoms with van der Waals surface area (Å²) in [5.41, 5.74) is 0.851.